The number of hydrogen-bond donors (Lipinski definition) is 0. The lowest BCUT2D eigenvalue weighted by atomic mass is 10.1. The van der Waals surface area contributed by atoms with Gasteiger partial charge in [0, 0.05) is 26.6 Å². The molecule has 0 radical (unpaired) electrons. The molecule has 0 spiro atoms. The summed E-state index contributed by atoms with van der Waals surface area (Å²) in [5, 5.41) is 0. The summed E-state index contributed by atoms with van der Waals surface area (Å²) in [5.74, 6) is 0.182. The van der Waals surface area contributed by atoms with Crippen molar-refractivity contribution in [2.45, 2.75) is 25.9 Å². The van der Waals surface area contributed by atoms with Crippen LogP contribution < -0.4 is 0 Å². The molecule has 4 nitrogen and oxygen atoms in total. The van der Waals surface area contributed by atoms with Gasteiger partial charge in [-0.25, -0.2) is 0 Å². The predicted molar refractivity (Wildman–Crippen MR) is 59.8 cm³/mol. The minimum Gasteiger partial charge on any atom is -0.377 e. The van der Waals surface area contributed by atoms with E-state index in [0.29, 0.717) is 6.10 Å². The third-order valence-electron chi connectivity index (χ3n) is 2.78. The first-order valence-electron chi connectivity index (χ1n) is 5.61. The van der Waals surface area contributed by atoms with E-state index in [4.69, 9.17) is 4.74 Å². The number of carbonyl (C=O) groups excluding carboxylic acids is 1. The highest BCUT2D eigenvalue weighted by molar-refractivity contribution is 5.73. The monoisotopic (exact) mass is 214 g/mol. The van der Waals surface area contributed by atoms with E-state index in [9.17, 15) is 4.79 Å². The maximum absolute atomic E-state index is 11.1. The van der Waals surface area contributed by atoms with E-state index in [1.165, 1.54) is 0 Å². The Balaban J connectivity index is 2.12. The first-order chi connectivity index (χ1) is 7.09. The van der Waals surface area contributed by atoms with Crippen LogP contribution in [0.5, 0.6) is 0 Å². The summed E-state index contributed by atoms with van der Waals surface area (Å²) in [4.78, 5) is 15.1. The fraction of sp³-hybridized carbons (Fsp3) is 0.909. The number of rotatable bonds is 4. The maximum atomic E-state index is 11.1. The number of amides is 1. The average Bonchev–Trinajstić information content (AvgIpc) is 2.18. The lowest BCUT2D eigenvalue weighted by molar-refractivity contribution is -0.131. The summed E-state index contributed by atoms with van der Waals surface area (Å²) in [6.45, 7) is 5.09. The summed E-state index contributed by atoms with van der Waals surface area (Å²) in [7, 11) is 4.09. The third kappa shape index (κ3) is 4.62. The number of likely N-dealkylation sites (tertiary alicyclic amines) is 1. The molecule has 0 bridgehead atoms. The van der Waals surface area contributed by atoms with Crippen molar-refractivity contribution in [1.29, 1.82) is 0 Å². The van der Waals surface area contributed by atoms with Gasteiger partial charge < -0.3 is 14.5 Å². The molecular weight excluding hydrogens is 192 g/mol. The molecule has 0 aromatic carbocycles. The quantitative estimate of drug-likeness (QED) is 0.686. The van der Waals surface area contributed by atoms with Gasteiger partial charge in [0.1, 0.15) is 0 Å². The Labute approximate surface area is 92.2 Å². The number of nitrogens with zero attached hydrogens (tertiary/aromatic N) is 2. The van der Waals surface area contributed by atoms with Gasteiger partial charge in [0.25, 0.3) is 0 Å². The number of hydrogen-bond acceptors (Lipinski definition) is 3. The lowest BCUT2D eigenvalue weighted by Crippen LogP contribution is -2.40. The number of likely N-dealkylation sites (N-methyl/N-ethyl adjacent to an activating group) is 1. The predicted octanol–water partition coefficient (Wildman–Crippen LogP) is 0.575. The first-order valence-corrected chi connectivity index (χ1v) is 5.61. The molecule has 4 heteroatoms. The Kier molecular flexibility index (Phi) is 5.05. The molecule has 1 aliphatic heterocycles. The Morgan fingerprint density at radius 3 is 2.47 bits per heavy atom. The molecule has 1 heterocycles. The molecule has 0 aromatic heterocycles. The van der Waals surface area contributed by atoms with E-state index in [1.54, 1.807) is 6.92 Å². The minimum atomic E-state index is 0.182. The maximum Gasteiger partial charge on any atom is 0.219 e. The molecule has 0 aromatic rings. The second-order valence-corrected chi connectivity index (χ2v) is 4.38. The number of piperidine rings is 1. The van der Waals surface area contributed by atoms with Crippen LogP contribution in [-0.4, -0.2) is 62.1 Å². The van der Waals surface area contributed by atoms with Gasteiger partial charge in [0.05, 0.1) is 12.7 Å². The lowest BCUT2D eigenvalue weighted by Gasteiger charge is -2.31. The smallest absolute Gasteiger partial charge is 0.219 e. The van der Waals surface area contributed by atoms with Crippen LogP contribution in [-0.2, 0) is 9.53 Å². The normalized spacial score (nSPS) is 18.5. The van der Waals surface area contributed by atoms with Crippen molar-refractivity contribution in [3.05, 3.63) is 0 Å². The van der Waals surface area contributed by atoms with Crippen LogP contribution in [0.15, 0.2) is 0 Å². The van der Waals surface area contributed by atoms with Crippen LogP contribution in [0, 0.1) is 0 Å². The molecule has 1 amide bonds. The van der Waals surface area contributed by atoms with Crippen molar-refractivity contribution in [1.82, 2.24) is 9.80 Å². The van der Waals surface area contributed by atoms with Gasteiger partial charge in [-0.05, 0) is 26.9 Å². The van der Waals surface area contributed by atoms with E-state index in [-0.39, 0.29) is 5.91 Å². The standard InChI is InChI=1S/C11H22N2O2/c1-10(14)13-6-4-11(5-7-13)15-9-8-12(2)3/h11H,4-9H2,1-3H3. The highest BCUT2D eigenvalue weighted by Crippen LogP contribution is 2.13. The third-order valence-corrected chi connectivity index (χ3v) is 2.78. The molecule has 0 N–H and O–H groups in total. The molecule has 0 aliphatic carbocycles. The highest BCUT2D eigenvalue weighted by atomic mass is 16.5. The van der Waals surface area contributed by atoms with Crippen LogP contribution in [0.1, 0.15) is 19.8 Å². The first kappa shape index (κ1) is 12.5. The zero-order chi connectivity index (χ0) is 11.3. The van der Waals surface area contributed by atoms with E-state index >= 15 is 0 Å². The van der Waals surface area contributed by atoms with Gasteiger partial charge in [-0.15, -0.1) is 0 Å². The Morgan fingerprint density at radius 1 is 1.40 bits per heavy atom. The van der Waals surface area contributed by atoms with Gasteiger partial charge in [0.15, 0.2) is 0 Å². The average molecular weight is 214 g/mol. The van der Waals surface area contributed by atoms with E-state index in [2.05, 4.69) is 4.90 Å². The van der Waals surface area contributed by atoms with Crippen molar-refractivity contribution in [3.63, 3.8) is 0 Å². The Morgan fingerprint density at radius 2 is 2.00 bits per heavy atom. The fourth-order valence-electron chi connectivity index (χ4n) is 1.74. The second kappa shape index (κ2) is 6.08. The molecule has 0 saturated carbocycles. The topological polar surface area (TPSA) is 32.8 Å². The second-order valence-electron chi connectivity index (χ2n) is 4.38. The molecule has 1 rings (SSSR count). The van der Waals surface area contributed by atoms with Gasteiger partial charge in [-0.1, -0.05) is 0 Å². The molecule has 88 valence electrons. The summed E-state index contributed by atoms with van der Waals surface area (Å²) in [6, 6.07) is 0. The van der Waals surface area contributed by atoms with Crippen molar-refractivity contribution in [3.8, 4) is 0 Å². The van der Waals surface area contributed by atoms with E-state index < -0.39 is 0 Å². The summed E-state index contributed by atoms with van der Waals surface area (Å²) in [5.41, 5.74) is 0. The highest BCUT2D eigenvalue weighted by Gasteiger charge is 2.20. The number of carbonyl (C=O) groups is 1. The zero-order valence-corrected chi connectivity index (χ0v) is 10.0. The summed E-state index contributed by atoms with van der Waals surface area (Å²) < 4.78 is 5.74. The van der Waals surface area contributed by atoms with E-state index in [1.807, 2.05) is 19.0 Å². The molecule has 1 fully saturated rings. The summed E-state index contributed by atoms with van der Waals surface area (Å²) >= 11 is 0. The van der Waals surface area contributed by atoms with Crippen LogP contribution in [0.2, 0.25) is 0 Å². The van der Waals surface area contributed by atoms with Gasteiger partial charge >= 0.3 is 0 Å². The fourth-order valence-corrected chi connectivity index (χ4v) is 1.74. The molecule has 0 unspecified atom stereocenters. The molecule has 15 heavy (non-hydrogen) atoms. The zero-order valence-electron chi connectivity index (χ0n) is 10.0. The van der Waals surface area contributed by atoms with Crippen LogP contribution in [0.3, 0.4) is 0 Å². The van der Waals surface area contributed by atoms with Crippen molar-refractivity contribution >= 4 is 5.91 Å². The van der Waals surface area contributed by atoms with Crippen molar-refractivity contribution in [2.75, 3.05) is 40.3 Å². The van der Waals surface area contributed by atoms with Crippen LogP contribution in [0.25, 0.3) is 0 Å². The van der Waals surface area contributed by atoms with Gasteiger partial charge in [-0.3, -0.25) is 4.79 Å². The Hall–Kier alpha value is -0.610. The largest absolute Gasteiger partial charge is 0.377 e. The van der Waals surface area contributed by atoms with E-state index in [0.717, 1.165) is 39.1 Å². The Bertz CT molecular complexity index is 199. The molecule has 0 atom stereocenters. The van der Waals surface area contributed by atoms with Crippen LogP contribution >= 0.6 is 0 Å². The van der Waals surface area contributed by atoms with Crippen LogP contribution in [0.4, 0.5) is 0 Å². The van der Waals surface area contributed by atoms with Crippen molar-refractivity contribution < 1.29 is 9.53 Å². The molecule has 1 saturated heterocycles. The molecular formula is C11H22N2O2. The molecule has 1 aliphatic rings. The minimum absolute atomic E-state index is 0.182. The van der Waals surface area contributed by atoms with Gasteiger partial charge in [-0.2, -0.15) is 0 Å². The van der Waals surface area contributed by atoms with Crippen molar-refractivity contribution in [2.24, 2.45) is 0 Å². The number of ether oxygens (including phenoxy) is 1. The van der Waals surface area contributed by atoms with Gasteiger partial charge in [0.2, 0.25) is 5.91 Å². The summed E-state index contributed by atoms with van der Waals surface area (Å²) in [6.07, 6.45) is 2.31. The SMILES string of the molecule is CC(=O)N1CCC(OCCN(C)C)CC1.